The fraction of sp³-hybridized carbons (Fsp3) is 0.630. The Labute approximate surface area is 232 Å². The van der Waals surface area contributed by atoms with Crippen LogP contribution in [0.2, 0.25) is 0 Å². The summed E-state index contributed by atoms with van der Waals surface area (Å²) in [7, 11) is 0. The number of nitrogens with zero attached hydrogens (tertiary/aromatic N) is 6. The standard InChI is InChI=1S/C27H35N7O4S/c1-15-25(31-19(12-35)23(30-15)32-9-6-27(7-10-32)14-38-16(2)22(27)28)39-20-5-8-29-24-21(20)37-13-18-11-33(17-3-4-17)26(36)34(18)24/h5,8,16-18,22,35H,3-4,6-7,9-14,28H2,1-2H3/t16-,18?,22+/m0/s1. The van der Waals surface area contributed by atoms with Gasteiger partial charge in [-0.15, -0.1) is 0 Å². The van der Waals surface area contributed by atoms with E-state index in [4.69, 9.17) is 25.2 Å². The molecule has 208 valence electrons. The highest BCUT2D eigenvalue weighted by molar-refractivity contribution is 7.99. The summed E-state index contributed by atoms with van der Waals surface area (Å²) in [5, 5.41) is 10.9. The molecule has 0 radical (unpaired) electrons. The number of rotatable bonds is 5. The number of urea groups is 1. The van der Waals surface area contributed by atoms with Crippen LogP contribution in [0.15, 0.2) is 22.2 Å². The average Bonchev–Trinajstić information content (AvgIpc) is 3.69. The van der Waals surface area contributed by atoms with E-state index in [-0.39, 0.29) is 36.2 Å². The smallest absolute Gasteiger partial charge is 0.326 e. The third-order valence-corrected chi connectivity index (χ3v) is 10.2. The Morgan fingerprint density at radius 2 is 2.00 bits per heavy atom. The molecule has 3 atom stereocenters. The van der Waals surface area contributed by atoms with E-state index in [1.807, 2.05) is 17.9 Å². The molecule has 5 aliphatic rings. The average molecular weight is 554 g/mol. The van der Waals surface area contributed by atoms with Gasteiger partial charge in [0.15, 0.2) is 17.4 Å². The number of amides is 2. The molecule has 2 aromatic heterocycles. The maximum atomic E-state index is 13.2. The predicted octanol–water partition coefficient (Wildman–Crippen LogP) is 2.32. The predicted molar refractivity (Wildman–Crippen MR) is 145 cm³/mol. The van der Waals surface area contributed by atoms with Gasteiger partial charge in [-0.1, -0.05) is 11.8 Å². The molecule has 12 heteroatoms. The summed E-state index contributed by atoms with van der Waals surface area (Å²) in [5.41, 5.74) is 7.84. The molecule has 2 aromatic rings. The van der Waals surface area contributed by atoms with Gasteiger partial charge in [-0.05, 0) is 45.6 Å². The van der Waals surface area contributed by atoms with Gasteiger partial charge < -0.3 is 30.1 Å². The Morgan fingerprint density at radius 3 is 2.69 bits per heavy atom. The van der Waals surface area contributed by atoms with Crippen LogP contribution in [0.1, 0.15) is 44.0 Å². The fourth-order valence-corrected chi connectivity index (χ4v) is 7.40. The van der Waals surface area contributed by atoms with Crippen LogP contribution >= 0.6 is 11.8 Å². The summed E-state index contributed by atoms with van der Waals surface area (Å²) >= 11 is 1.43. The second kappa shape index (κ2) is 9.46. The number of aliphatic hydroxyl groups is 1. The monoisotopic (exact) mass is 553 g/mol. The number of aromatic nitrogens is 3. The Morgan fingerprint density at radius 1 is 1.21 bits per heavy atom. The van der Waals surface area contributed by atoms with E-state index in [0.29, 0.717) is 48.1 Å². The summed E-state index contributed by atoms with van der Waals surface area (Å²) < 4.78 is 12.1. The number of nitrogens with two attached hydrogens (primary N) is 1. The Kier molecular flexibility index (Phi) is 6.14. The molecule has 4 fully saturated rings. The maximum absolute atomic E-state index is 13.2. The molecule has 1 spiro atoms. The molecule has 4 aliphatic heterocycles. The highest BCUT2D eigenvalue weighted by Crippen LogP contribution is 2.46. The minimum atomic E-state index is -0.205. The van der Waals surface area contributed by atoms with E-state index in [2.05, 4.69) is 16.8 Å². The van der Waals surface area contributed by atoms with E-state index < -0.39 is 0 Å². The highest BCUT2D eigenvalue weighted by Gasteiger charge is 2.49. The molecule has 1 unspecified atom stereocenters. The minimum Gasteiger partial charge on any atom is -0.486 e. The normalized spacial score (nSPS) is 27.6. The van der Waals surface area contributed by atoms with Crippen molar-refractivity contribution >= 4 is 29.4 Å². The van der Waals surface area contributed by atoms with Gasteiger partial charge in [0.25, 0.3) is 0 Å². The van der Waals surface area contributed by atoms with Crippen molar-refractivity contribution in [3.05, 3.63) is 23.7 Å². The zero-order chi connectivity index (χ0) is 26.9. The summed E-state index contributed by atoms with van der Waals surface area (Å²) in [6.07, 6.45) is 5.79. The molecule has 1 saturated carbocycles. The summed E-state index contributed by atoms with van der Waals surface area (Å²) in [6, 6.07) is 2.29. The number of hydrogen-bond donors (Lipinski definition) is 2. The van der Waals surface area contributed by atoms with Crippen molar-refractivity contribution in [3.63, 3.8) is 0 Å². The minimum absolute atomic E-state index is 0.0133. The third kappa shape index (κ3) is 4.14. The molecule has 3 saturated heterocycles. The van der Waals surface area contributed by atoms with Crippen LogP contribution in [0.5, 0.6) is 5.75 Å². The summed E-state index contributed by atoms with van der Waals surface area (Å²) in [4.78, 5) is 34.3. The number of hydrogen-bond acceptors (Lipinski definition) is 10. The quantitative estimate of drug-likeness (QED) is 0.569. The summed E-state index contributed by atoms with van der Waals surface area (Å²) in [5.74, 6) is 1.90. The first kappa shape index (κ1) is 25.3. The molecule has 3 N–H and O–H groups in total. The first-order valence-corrected chi connectivity index (χ1v) is 14.7. The molecule has 6 heterocycles. The van der Waals surface area contributed by atoms with Crippen LogP contribution in [-0.4, -0.2) is 88.1 Å². The molecule has 7 rings (SSSR count). The Balaban J connectivity index is 1.12. The molecular formula is C27H35N7O4S. The largest absolute Gasteiger partial charge is 0.486 e. The number of aryl methyl sites for hydroxylation is 1. The first-order chi connectivity index (χ1) is 18.9. The van der Waals surface area contributed by atoms with E-state index in [1.54, 1.807) is 11.1 Å². The lowest BCUT2D eigenvalue weighted by atomic mass is 9.73. The van der Waals surface area contributed by atoms with E-state index in [1.165, 1.54) is 11.8 Å². The lowest BCUT2D eigenvalue weighted by Crippen LogP contribution is -2.51. The number of piperidine rings is 1. The van der Waals surface area contributed by atoms with E-state index in [9.17, 15) is 9.90 Å². The lowest BCUT2D eigenvalue weighted by molar-refractivity contribution is 0.0973. The molecule has 0 bridgehead atoms. The van der Waals surface area contributed by atoms with Gasteiger partial charge >= 0.3 is 6.03 Å². The Hall–Kier alpha value is -2.67. The molecule has 11 nitrogen and oxygen atoms in total. The van der Waals surface area contributed by atoms with Crippen LogP contribution < -0.4 is 20.3 Å². The van der Waals surface area contributed by atoms with Crippen molar-refractivity contribution in [2.24, 2.45) is 11.1 Å². The lowest BCUT2D eigenvalue weighted by Gasteiger charge is -2.42. The van der Waals surface area contributed by atoms with Crippen molar-refractivity contribution < 1.29 is 19.4 Å². The van der Waals surface area contributed by atoms with Crippen molar-refractivity contribution in [1.82, 2.24) is 19.9 Å². The highest BCUT2D eigenvalue weighted by atomic mass is 32.2. The van der Waals surface area contributed by atoms with Gasteiger partial charge in [0, 0.05) is 43.3 Å². The van der Waals surface area contributed by atoms with Crippen molar-refractivity contribution in [3.8, 4) is 5.75 Å². The third-order valence-electron chi connectivity index (χ3n) is 9.05. The van der Waals surface area contributed by atoms with Gasteiger partial charge in [-0.2, -0.15) is 0 Å². The number of fused-ring (bicyclic) bond motifs is 3. The van der Waals surface area contributed by atoms with Crippen LogP contribution in [0.3, 0.4) is 0 Å². The van der Waals surface area contributed by atoms with Crippen molar-refractivity contribution in [1.29, 1.82) is 0 Å². The molecular weight excluding hydrogens is 518 g/mol. The van der Waals surface area contributed by atoms with Gasteiger partial charge in [0.05, 0.1) is 35.9 Å². The van der Waals surface area contributed by atoms with Gasteiger partial charge in [-0.3, -0.25) is 4.90 Å². The number of pyridine rings is 1. The zero-order valence-electron chi connectivity index (χ0n) is 22.4. The number of aliphatic hydroxyl groups excluding tert-OH is 1. The van der Waals surface area contributed by atoms with Crippen LogP contribution in [0.25, 0.3) is 0 Å². The second-order valence-corrected chi connectivity index (χ2v) is 12.5. The zero-order valence-corrected chi connectivity index (χ0v) is 23.2. The van der Waals surface area contributed by atoms with Crippen LogP contribution in [-0.2, 0) is 11.3 Å². The van der Waals surface area contributed by atoms with E-state index >= 15 is 0 Å². The number of carbonyl (C=O) groups excluding carboxylic acids is 1. The van der Waals surface area contributed by atoms with Gasteiger partial charge in [0.2, 0.25) is 0 Å². The van der Waals surface area contributed by atoms with Crippen molar-refractivity contribution in [2.75, 3.05) is 42.6 Å². The molecule has 0 aromatic carbocycles. The number of carbonyl (C=O) groups is 1. The Bertz CT molecular complexity index is 1300. The molecule has 2 amide bonds. The first-order valence-electron chi connectivity index (χ1n) is 13.9. The van der Waals surface area contributed by atoms with Crippen LogP contribution in [0.4, 0.5) is 16.4 Å². The molecule has 1 aliphatic carbocycles. The maximum Gasteiger partial charge on any atom is 0.326 e. The van der Waals surface area contributed by atoms with E-state index in [0.717, 1.165) is 55.2 Å². The number of anilines is 2. The second-order valence-electron chi connectivity index (χ2n) is 11.5. The summed E-state index contributed by atoms with van der Waals surface area (Å²) in [6.45, 7) is 7.21. The van der Waals surface area contributed by atoms with Gasteiger partial charge in [-0.25, -0.2) is 19.7 Å². The number of ether oxygens (including phenoxy) is 2. The van der Waals surface area contributed by atoms with Crippen molar-refractivity contribution in [2.45, 2.75) is 80.3 Å². The molecule has 39 heavy (non-hydrogen) atoms. The topological polar surface area (TPSA) is 130 Å². The van der Waals surface area contributed by atoms with Crippen LogP contribution in [0, 0.1) is 12.3 Å². The SMILES string of the molecule is Cc1nc(N2CCC3(CC2)CO[C@@H](C)[C@H]3N)c(CO)nc1Sc1ccnc2c1OCC1CN(C3CC3)C(=O)N21. The fourth-order valence-electron chi connectivity index (χ4n) is 6.47. The van der Waals surface area contributed by atoms with Gasteiger partial charge in [0.1, 0.15) is 17.3 Å².